The molecule has 4 nitrogen and oxygen atoms in total. The smallest absolute Gasteiger partial charge is 0.101 e. The van der Waals surface area contributed by atoms with Gasteiger partial charge in [-0.3, -0.25) is 0 Å². The third-order valence-electron chi connectivity index (χ3n) is 2.67. The highest BCUT2D eigenvalue weighted by Crippen LogP contribution is 2.21. The number of hydrogen-bond donors (Lipinski definition) is 1. The minimum atomic E-state index is 0.523. The van der Waals surface area contributed by atoms with Gasteiger partial charge in [-0.2, -0.15) is 5.26 Å². The van der Waals surface area contributed by atoms with E-state index in [1.807, 2.05) is 12.1 Å². The van der Waals surface area contributed by atoms with Crippen molar-refractivity contribution in [1.29, 1.82) is 5.26 Å². The first kappa shape index (κ1) is 14.3. The van der Waals surface area contributed by atoms with Crippen molar-refractivity contribution in [3.63, 3.8) is 0 Å². The van der Waals surface area contributed by atoms with Crippen molar-refractivity contribution in [3.8, 4) is 6.07 Å². The van der Waals surface area contributed by atoms with Crippen LogP contribution < -0.4 is 10.6 Å². The molecule has 0 fully saturated rings. The lowest BCUT2D eigenvalue weighted by atomic mass is 10.1. The number of rotatable bonds is 6. The SMILES string of the molecule is COCCN(CC(C)C)c1ccc(C#N)c(N)c1. The largest absolute Gasteiger partial charge is 0.398 e. The van der Waals surface area contributed by atoms with Gasteiger partial charge in [-0.25, -0.2) is 0 Å². The molecule has 0 saturated heterocycles. The van der Waals surface area contributed by atoms with E-state index in [2.05, 4.69) is 24.8 Å². The van der Waals surface area contributed by atoms with Crippen LogP contribution in [-0.4, -0.2) is 26.8 Å². The first-order valence-electron chi connectivity index (χ1n) is 6.12. The zero-order valence-electron chi connectivity index (χ0n) is 11.3. The molecule has 1 aromatic rings. The molecular weight excluding hydrogens is 226 g/mol. The summed E-state index contributed by atoms with van der Waals surface area (Å²) >= 11 is 0. The van der Waals surface area contributed by atoms with Crippen LogP contribution >= 0.6 is 0 Å². The normalized spacial score (nSPS) is 10.4. The summed E-state index contributed by atoms with van der Waals surface area (Å²) in [5.41, 5.74) is 7.94. The molecule has 0 atom stereocenters. The molecule has 0 amide bonds. The van der Waals surface area contributed by atoms with Gasteiger partial charge in [-0.1, -0.05) is 13.8 Å². The number of nitrogen functional groups attached to an aromatic ring is 1. The molecule has 0 aromatic heterocycles. The van der Waals surface area contributed by atoms with E-state index in [1.165, 1.54) is 0 Å². The monoisotopic (exact) mass is 247 g/mol. The molecular formula is C14H21N3O. The highest BCUT2D eigenvalue weighted by atomic mass is 16.5. The predicted molar refractivity (Wildman–Crippen MR) is 74.5 cm³/mol. The molecule has 0 radical (unpaired) electrons. The molecule has 1 rings (SSSR count). The fourth-order valence-electron chi connectivity index (χ4n) is 1.82. The molecule has 1 aromatic carbocycles. The Morgan fingerprint density at radius 3 is 2.67 bits per heavy atom. The van der Waals surface area contributed by atoms with Gasteiger partial charge < -0.3 is 15.4 Å². The Labute approximate surface area is 109 Å². The second kappa shape index (κ2) is 6.87. The number of methoxy groups -OCH3 is 1. The number of ether oxygens (including phenoxy) is 1. The van der Waals surface area contributed by atoms with Crippen LogP contribution in [-0.2, 0) is 4.74 Å². The average Bonchev–Trinajstić information content (AvgIpc) is 2.34. The van der Waals surface area contributed by atoms with Crippen molar-refractivity contribution in [3.05, 3.63) is 23.8 Å². The Hall–Kier alpha value is -1.73. The molecule has 0 aliphatic rings. The molecule has 98 valence electrons. The number of nitriles is 1. The third-order valence-corrected chi connectivity index (χ3v) is 2.67. The maximum absolute atomic E-state index is 8.87. The standard InChI is InChI=1S/C14H21N3O/c1-11(2)10-17(6-7-18-3)13-5-4-12(9-15)14(16)8-13/h4-5,8,11H,6-7,10,16H2,1-3H3. The zero-order valence-corrected chi connectivity index (χ0v) is 11.3. The van der Waals surface area contributed by atoms with Crippen molar-refractivity contribution >= 4 is 11.4 Å². The van der Waals surface area contributed by atoms with Crippen molar-refractivity contribution in [1.82, 2.24) is 0 Å². The lowest BCUT2D eigenvalue weighted by Crippen LogP contribution is -2.31. The molecule has 18 heavy (non-hydrogen) atoms. The molecule has 0 aliphatic heterocycles. The zero-order chi connectivity index (χ0) is 13.5. The summed E-state index contributed by atoms with van der Waals surface area (Å²) in [5, 5.41) is 8.87. The first-order valence-corrected chi connectivity index (χ1v) is 6.12. The van der Waals surface area contributed by atoms with E-state index < -0.39 is 0 Å². The van der Waals surface area contributed by atoms with Crippen molar-refractivity contribution < 1.29 is 4.74 Å². The Bertz CT molecular complexity index is 424. The summed E-state index contributed by atoms with van der Waals surface area (Å²) in [4.78, 5) is 2.23. The van der Waals surface area contributed by atoms with Gasteiger partial charge in [0.05, 0.1) is 17.9 Å². The van der Waals surface area contributed by atoms with Gasteiger partial charge in [0.15, 0.2) is 0 Å². The van der Waals surface area contributed by atoms with Crippen LogP contribution in [0.15, 0.2) is 18.2 Å². The van der Waals surface area contributed by atoms with Crippen LogP contribution in [0.5, 0.6) is 0 Å². The van der Waals surface area contributed by atoms with Crippen LogP contribution in [0.25, 0.3) is 0 Å². The van der Waals surface area contributed by atoms with Crippen molar-refractivity contribution in [2.75, 3.05) is 37.4 Å². The number of benzene rings is 1. The summed E-state index contributed by atoms with van der Waals surface area (Å²) in [6.45, 7) is 6.78. The van der Waals surface area contributed by atoms with E-state index in [-0.39, 0.29) is 0 Å². The van der Waals surface area contributed by atoms with Crippen LogP contribution in [0.4, 0.5) is 11.4 Å². The van der Waals surface area contributed by atoms with Gasteiger partial charge in [0.1, 0.15) is 6.07 Å². The molecule has 2 N–H and O–H groups in total. The summed E-state index contributed by atoms with van der Waals surface area (Å²) in [6.07, 6.45) is 0. The highest BCUT2D eigenvalue weighted by Gasteiger charge is 2.10. The first-order chi connectivity index (χ1) is 8.58. The third kappa shape index (κ3) is 3.94. The molecule has 0 bridgehead atoms. The lowest BCUT2D eigenvalue weighted by molar-refractivity contribution is 0.204. The predicted octanol–water partition coefficient (Wildman–Crippen LogP) is 2.25. The Kier molecular flexibility index (Phi) is 5.47. The summed E-state index contributed by atoms with van der Waals surface area (Å²) < 4.78 is 5.13. The van der Waals surface area contributed by atoms with Gasteiger partial charge in [0, 0.05) is 25.9 Å². The summed E-state index contributed by atoms with van der Waals surface area (Å²) in [6, 6.07) is 7.64. The maximum atomic E-state index is 8.87. The second-order valence-electron chi connectivity index (χ2n) is 4.72. The Morgan fingerprint density at radius 2 is 2.17 bits per heavy atom. The highest BCUT2D eigenvalue weighted by molar-refractivity contribution is 5.63. The van der Waals surface area contributed by atoms with Gasteiger partial charge in [-0.05, 0) is 24.1 Å². The molecule has 0 saturated carbocycles. The number of hydrogen-bond acceptors (Lipinski definition) is 4. The fourth-order valence-corrected chi connectivity index (χ4v) is 1.82. The quantitative estimate of drug-likeness (QED) is 0.783. The minimum Gasteiger partial charge on any atom is -0.398 e. The lowest BCUT2D eigenvalue weighted by Gasteiger charge is -2.26. The number of nitrogens with two attached hydrogens (primary N) is 1. The van der Waals surface area contributed by atoms with Gasteiger partial charge in [0.2, 0.25) is 0 Å². The Balaban J connectivity index is 2.90. The molecule has 0 unspecified atom stereocenters. The second-order valence-corrected chi connectivity index (χ2v) is 4.72. The van der Waals surface area contributed by atoms with E-state index in [9.17, 15) is 0 Å². The van der Waals surface area contributed by atoms with E-state index >= 15 is 0 Å². The molecule has 4 heteroatoms. The van der Waals surface area contributed by atoms with Crippen molar-refractivity contribution in [2.24, 2.45) is 5.92 Å². The number of anilines is 2. The van der Waals surface area contributed by atoms with Gasteiger partial charge in [0.25, 0.3) is 0 Å². The van der Waals surface area contributed by atoms with E-state index in [4.69, 9.17) is 15.7 Å². The number of nitrogens with zero attached hydrogens (tertiary/aromatic N) is 2. The Morgan fingerprint density at radius 1 is 1.44 bits per heavy atom. The maximum Gasteiger partial charge on any atom is 0.101 e. The molecule has 0 spiro atoms. The van der Waals surface area contributed by atoms with Crippen molar-refractivity contribution in [2.45, 2.75) is 13.8 Å². The van der Waals surface area contributed by atoms with Gasteiger partial charge in [-0.15, -0.1) is 0 Å². The fraction of sp³-hybridized carbons (Fsp3) is 0.500. The molecule has 0 heterocycles. The minimum absolute atomic E-state index is 0.523. The van der Waals surface area contributed by atoms with Gasteiger partial charge >= 0.3 is 0 Å². The summed E-state index contributed by atoms with van der Waals surface area (Å²) in [5.74, 6) is 0.554. The molecule has 0 aliphatic carbocycles. The van der Waals surface area contributed by atoms with Crippen LogP contribution in [0.2, 0.25) is 0 Å². The topological polar surface area (TPSA) is 62.3 Å². The van der Waals surface area contributed by atoms with Crippen LogP contribution in [0.3, 0.4) is 0 Å². The van der Waals surface area contributed by atoms with Crippen LogP contribution in [0.1, 0.15) is 19.4 Å². The average molecular weight is 247 g/mol. The van der Waals surface area contributed by atoms with E-state index in [1.54, 1.807) is 13.2 Å². The van der Waals surface area contributed by atoms with E-state index in [0.29, 0.717) is 23.8 Å². The summed E-state index contributed by atoms with van der Waals surface area (Å²) in [7, 11) is 1.70. The van der Waals surface area contributed by atoms with E-state index in [0.717, 1.165) is 18.8 Å². The van der Waals surface area contributed by atoms with Crippen LogP contribution in [0, 0.1) is 17.2 Å².